The number of thioether (sulfide) groups is 1. The first-order valence-corrected chi connectivity index (χ1v) is 10.00. The van der Waals surface area contributed by atoms with Crippen LogP contribution in [0, 0.1) is 0 Å². The number of carbonyl (C=O) groups excluding carboxylic acids is 1. The van der Waals surface area contributed by atoms with Crippen molar-refractivity contribution in [1.29, 1.82) is 0 Å². The van der Waals surface area contributed by atoms with Gasteiger partial charge >= 0.3 is 0 Å². The lowest BCUT2D eigenvalue weighted by Crippen LogP contribution is -2.32. The minimum Gasteiger partial charge on any atom is -0.385 e. The maximum Gasteiger partial charge on any atom is 0.233 e. The maximum absolute atomic E-state index is 12.3. The van der Waals surface area contributed by atoms with Gasteiger partial charge in [-0.1, -0.05) is 35.5 Å². The van der Waals surface area contributed by atoms with Gasteiger partial charge in [-0.15, -0.1) is 10.2 Å². The third-order valence-electron chi connectivity index (χ3n) is 4.14. The van der Waals surface area contributed by atoms with Crippen molar-refractivity contribution in [3.05, 3.63) is 29.3 Å². The highest BCUT2D eigenvalue weighted by Gasteiger charge is 2.27. The number of rotatable bonds is 9. The van der Waals surface area contributed by atoms with Gasteiger partial charge in [0.05, 0.1) is 10.3 Å². The quantitative estimate of drug-likeness (QED) is 0.521. The Balaban J connectivity index is 1.81. The van der Waals surface area contributed by atoms with E-state index in [0.717, 1.165) is 30.0 Å². The van der Waals surface area contributed by atoms with Gasteiger partial charge in [-0.2, -0.15) is 0 Å². The molecule has 1 saturated carbocycles. The standard InChI is InChI=1S/C18H23ClN4O2S/c1-12(17(24)20-13-8-9-13)26-18-22-21-16(23(18)10-5-11-25-2)14-6-3-4-7-15(14)19/h3-4,6-7,12-13H,5,8-11H2,1-2H3,(H,20,24). The molecule has 8 heteroatoms. The number of methoxy groups -OCH3 is 1. The van der Waals surface area contributed by atoms with Crippen LogP contribution in [0.1, 0.15) is 26.2 Å². The number of nitrogens with zero attached hydrogens (tertiary/aromatic N) is 3. The molecule has 1 aliphatic carbocycles. The largest absolute Gasteiger partial charge is 0.385 e. The fourth-order valence-electron chi connectivity index (χ4n) is 2.54. The highest BCUT2D eigenvalue weighted by atomic mass is 35.5. The number of hydrogen-bond donors (Lipinski definition) is 1. The van der Waals surface area contributed by atoms with E-state index in [4.69, 9.17) is 16.3 Å². The molecule has 1 aromatic carbocycles. The molecule has 1 fully saturated rings. The molecule has 0 saturated heterocycles. The van der Waals surface area contributed by atoms with Crippen molar-refractivity contribution >= 4 is 29.3 Å². The van der Waals surface area contributed by atoms with Gasteiger partial charge in [-0.3, -0.25) is 4.79 Å². The Morgan fingerprint density at radius 1 is 1.42 bits per heavy atom. The van der Waals surface area contributed by atoms with E-state index in [0.29, 0.717) is 30.0 Å². The Morgan fingerprint density at radius 3 is 2.88 bits per heavy atom. The SMILES string of the molecule is COCCCn1c(SC(C)C(=O)NC2CC2)nnc1-c1ccccc1Cl. The summed E-state index contributed by atoms with van der Waals surface area (Å²) < 4.78 is 7.19. The van der Waals surface area contributed by atoms with Crippen LogP contribution in [0.15, 0.2) is 29.4 Å². The molecular formula is C18H23ClN4O2S. The third kappa shape index (κ3) is 4.78. The van der Waals surface area contributed by atoms with Crippen LogP contribution in [0.5, 0.6) is 0 Å². The topological polar surface area (TPSA) is 69.0 Å². The molecule has 1 amide bonds. The van der Waals surface area contributed by atoms with Crippen LogP contribution in [-0.4, -0.2) is 45.7 Å². The van der Waals surface area contributed by atoms with Gasteiger partial charge < -0.3 is 14.6 Å². The molecule has 0 radical (unpaired) electrons. The van der Waals surface area contributed by atoms with Crippen LogP contribution in [0.25, 0.3) is 11.4 Å². The van der Waals surface area contributed by atoms with Gasteiger partial charge in [-0.25, -0.2) is 0 Å². The highest BCUT2D eigenvalue weighted by molar-refractivity contribution is 8.00. The number of carbonyl (C=O) groups is 1. The van der Waals surface area contributed by atoms with E-state index < -0.39 is 0 Å². The Morgan fingerprint density at radius 2 is 2.19 bits per heavy atom. The summed E-state index contributed by atoms with van der Waals surface area (Å²) in [6.45, 7) is 3.23. The van der Waals surface area contributed by atoms with Gasteiger partial charge in [0.25, 0.3) is 0 Å². The lowest BCUT2D eigenvalue weighted by molar-refractivity contribution is -0.120. The second kappa shape index (κ2) is 8.88. The van der Waals surface area contributed by atoms with Crippen LogP contribution in [0.4, 0.5) is 0 Å². The van der Waals surface area contributed by atoms with Gasteiger partial charge in [0.1, 0.15) is 0 Å². The van der Waals surface area contributed by atoms with E-state index in [1.54, 1.807) is 7.11 Å². The number of amides is 1. The summed E-state index contributed by atoms with van der Waals surface area (Å²) in [5, 5.41) is 12.8. The number of halogens is 1. The zero-order valence-electron chi connectivity index (χ0n) is 14.9. The maximum atomic E-state index is 12.3. The predicted octanol–water partition coefficient (Wildman–Crippen LogP) is 3.39. The molecule has 0 spiro atoms. The second-order valence-electron chi connectivity index (χ2n) is 6.33. The summed E-state index contributed by atoms with van der Waals surface area (Å²) in [5.41, 5.74) is 0.834. The minimum absolute atomic E-state index is 0.0447. The average molecular weight is 395 g/mol. The number of hydrogen-bond acceptors (Lipinski definition) is 5. The second-order valence-corrected chi connectivity index (χ2v) is 8.04. The Kier molecular flexibility index (Phi) is 6.56. The van der Waals surface area contributed by atoms with Crippen molar-refractivity contribution in [3.63, 3.8) is 0 Å². The van der Waals surface area contributed by atoms with Gasteiger partial charge in [0.15, 0.2) is 11.0 Å². The lowest BCUT2D eigenvalue weighted by Gasteiger charge is -2.14. The van der Waals surface area contributed by atoms with E-state index in [2.05, 4.69) is 15.5 Å². The average Bonchev–Trinajstić information content (AvgIpc) is 3.36. The van der Waals surface area contributed by atoms with E-state index >= 15 is 0 Å². The molecule has 1 unspecified atom stereocenters. The molecule has 1 aromatic heterocycles. The summed E-state index contributed by atoms with van der Waals surface area (Å²) in [5.74, 6) is 0.757. The van der Waals surface area contributed by atoms with Crippen molar-refractivity contribution in [2.75, 3.05) is 13.7 Å². The molecular weight excluding hydrogens is 372 g/mol. The molecule has 0 bridgehead atoms. The summed E-state index contributed by atoms with van der Waals surface area (Å²) in [6, 6.07) is 7.93. The number of nitrogens with one attached hydrogen (secondary N) is 1. The van der Waals surface area contributed by atoms with E-state index in [1.165, 1.54) is 11.8 Å². The summed E-state index contributed by atoms with van der Waals surface area (Å²) in [6.07, 6.45) is 2.97. The lowest BCUT2D eigenvalue weighted by atomic mass is 10.2. The molecule has 1 aliphatic rings. The van der Waals surface area contributed by atoms with Gasteiger partial charge in [0, 0.05) is 31.9 Å². The molecule has 2 aromatic rings. The molecule has 140 valence electrons. The summed E-state index contributed by atoms with van der Waals surface area (Å²) in [7, 11) is 1.68. The monoisotopic (exact) mass is 394 g/mol. The first-order chi connectivity index (χ1) is 12.6. The normalized spacial score (nSPS) is 15.0. The molecule has 1 N–H and O–H groups in total. The minimum atomic E-state index is -0.236. The molecule has 6 nitrogen and oxygen atoms in total. The van der Waals surface area contributed by atoms with E-state index in [9.17, 15) is 4.79 Å². The van der Waals surface area contributed by atoms with E-state index in [-0.39, 0.29) is 11.2 Å². The molecule has 26 heavy (non-hydrogen) atoms. The van der Waals surface area contributed by atoms with Gasteiger partial charge in [0.2, 0.25) is 5.91 Å². The Labute approximate surface area is 162 Å². The van der Waals surface area contributed by atoms with Crippen LogP contribution < -0.4 is 5.32 Å². The highest BCUT2D eigenvalue weighted by Crippen LogP contribution is 2.31. The number of benzene rings is 1. The first-order valence-electron chi connectivity index (χ1n) is 8.74. The Hall–Kier alpha value is -1.57. The number of ether oxygens (including phenoxy) is 1. The Bertz CT molecular complexity index is 763. The molecule has 1 heterocycles. The first kappa shape index (κ1) is 19.2. The molecule has 3 rings (SSSR count). The predicted molar refractivity (Wildman–Crippen MR) is 103 cm³/mol. The van der Waals surface area contributed by atoms with E-state index in [1.807, 2.05) is 35.8 Å². The van der Waals surface area contributed by atoms with Crippen molar-refractivity contribution in [2.45, 2.75) is 49.2 Å². The van der Waals surface area contributed by atoms with Crippen molar-refractivity contribution in [1.82, 2.24) is 20.1 Å². The zero-order chi connectivity index (χ0) is 18.5. The van der Waals surface area contributed by atoms with Crippen molar-refractivity contribution in [3.8, 4) is 11.4 Å². The van der Waals surface area contributed by atoms with Crippen LogP contribution in [-0.2, 0) is 16.1 Å². The van der Waals surface area contributed by atoms with Crippen molar-refractivity contribution < 1.29 is 9.53 Å². The summed E-state index contributed by atoms with van der Waals surface area (Å²) >= 11 is 7.77. The number of aromatic nitrogens is 3. The summed E-state index contributed by atoms with van der Waals surface area (Å²) in [4.78, 5) is 12.3. The van der Waals surface area contributed by atoms with Crippen molar-refractivity contribution in [2.24, 2.45) is 0 Å². The zero-order valence-corrected chi connectivity index (χ0v) is 16.5. The van der Waals surface area contributed by atoms with Crippen LogP contribution >= 0.6 is 23.4 Å². The fourth-order valence-corrected chi connectivity index (χ4v) is 3.65. The molecule has 0 aliphatic heterocycles. The van der Waals surface area contributed by atoms with Crippen LogP contribution in [0.3, 0.4) is 0 Å². The third-order valence-corrected chi connectivity index (χ3v) is 5.55. The smallest absolute Gasteiger partial charge is 0.233 e. The molecule has 1 atom stereocenters. The fraction of sp³-hybridized carbons (Fsp3) is 0.500. The van der Waals surface area contributed by atoms with Gasteiger partial charge in [-0.05, 0) is 38.3 Å². The van der Waals surface area contributed by atoms with Crippen LogP contribution in [0.2, 0.25) is 5.02 Å².